The number of hydrogen-bond donors (Lipinski definition) is 2. The monoisotopic (exact) mass is 356 g/mol. The Balaban J connectivity index is 1.65. The van der Waals surface area contributed by atoms with Crippen LogP contribution in [0.2, 0.25) is 0 Å². The number of H-pyrrole nitrogens is 1. The van der Waals surface area contributed by atoms with E-state index in [2.05, 4.69) is 25.2 Å². The molecule has 0 radical (unpaired) electrons. The van der Waals surface area contributed by atoms with E-state index in [0.717, 1.165) is 38.4 Å². The van der Waals surface area contributed by atoms with Crippen molar-refractivity contribution in [3.05, 3.63) is 46.5 Å². The van der Waals surface area contributed by atoms with Gasteiger partial charge in [-0.15, -0.1) is 0 Å². The number of hydrogen-bond acceptors (Lipinski definition) is 6. The van der Waals surface area contributed by atoms with Gasteiger partial charge in [0.05, 0.1) is 0 Å². The van der Waals surface area contributed by atoms with Crippen LogP contribution in [0.25, 0.3) is 0 Å². The van der Waals surface area contributed by atoms with Crippen molar-refractivity contribution in [3.63, 3.8) is 0 Å². The molecule has 1 aliphatic heterocycles. The third kappa shape index (κ3) is 4.01. The van der Waals surface area contributed by atoms with Crippen LogP contribution in [0.3, 0.4) is 0 Å². The maximum atomic E-state index is 12.3. The summed E-state index contributed by atoms with van der Waals surface area (Å²) in [6.45, 7) is 6.89. The van der Waals surface area contributed by atoms with Gasteiger partial charge < -0.3 is 15.1 Å². The van der Waals surface area contributed by atoms with Crippen LogP contribution in [0.1, 0.15) is 30.6 Å². The summed E-state index contributed by atoms with van der Waals surface area (Å²) < 4.78 is 0. The van der Waals surface area contributed by atoms with Crippen molar-refractivity contribution >= 4 is 17.7 Å². The van der Waals surface area contributed by atoms with E-state index in [1.807, 2.05) is 36.9 Å². The molecule has 3 rings (SSSR count). The number of amides is 1. The van der Waals surface area contributed by atoms with Gasteiger partial charge in [-0.3, -0.25) is 14.6 Å². The lowest BCUT2D eigenvalue weighted by Crippen LogP contribution is -2.48. The van der Waals surface area contributed by atoms with E-state index in [1.165, 1.54) is 6.20 Å². The van der Waals surface area contributed by atoms with E-state index in [4.69, 9.17) is 0 Å². The van der Waals surface area contributed by atoms with E-state index < -0.39 is 5.56 Å². The van der Waals surface area contributed by atoms with Crippen LogP contribution in [0.15, 0.2) is 35.4 Å². The predicted molar refractivity (Wildman–Crippen MR) is 101 cm³/mol. The SMILES string of the molecule is CC[C@@H](C)NC(=O)c1cnc(N2CCN(c3ccccn3)CC2)[nH]c1=O. The molecule has 8 nitrogen and oxygen atoms in total. The number of piperazine rings is 1. The summed E-state index contributed by atoms with van der Waals surface area (Å²) in [6.07, 6.45) is 3.94. The van der Waals surface area contributed by atoms with Crippen LogP contribution in [0.4, 0.5) is 11.8 Å². The lowest BCUT2D eigenvalue weighted by Gasteiger charge is -2.35. The number of pyridine rings is 1. The van der Waals surface area contributed by atoms with Gasteiger partial charge in [-0.05, 0) is 25.5 Å². The Labute approximate surface area is 152 Å². The third-order valence-electron chi connectivity index (χ3n) is 4.57. The quantitative estimate of drug-likeness (QED) is 0.831. The molecule has 1 atom stereocenters. The molecule has 138 valence electrons. The number of rotatable bonds is 5. The highest BCUT2D eigenvalue weighted by Gasteiger charge is 2.21. The Bertz CT molecular complexity index is 799. The molecule has 0 saturated carbocycles. The summed E-state index contributed by atoms with van der Waals surface area (Å²) in [4.78, 5) is 40.0. The van der Waals surface area contributed by atoms with Crippen LogP contribution < -0.4 is 20.7 Å². The second kappa shape index (κ2) is 7.99. The molecule has 2 aromatic heterocycles. The molecule has 0 spiro atoms. The number of anilines is 2. The Kier molecular flexibility index (Phi) is 5.50. The van der Waals surface area contributed by atoms with Crippen LogP contribution in [-0.2, 0) is 0 Å². The fraction of sp³-hybridized carbons (Fsp3) is 0.444. The van der Waals surface area contributed by atoms with Crippen molar-refractivity contribution in [3.8, 4) is 0 Å². The lowest BCUT2D eigenvalue weighted by atomic mass is 10.2. The maximum absolute atomic E-state index is 12.3. The molecule has 2 N–H and O–H groups in total. The fourth-order valence-electron chi connectivity index (χ4n) is 2.80. The molecule has 8 heteroatoms. The second-order valence-electron chi connectivity index (χ2n) is 6.39. The van der Waals surface area contributed by atoms with E-state index in [9.17, 15) is 9.59 Å². The van der Waals surface area contributed by atoms with Gasteiger partial charge in [-0.2, -0.15) is 0 Å². The molecule has 0 aliphatic carbocycles. The normalized spacial score (nSPS) is 15.6. The molecule has 3 heterocycles. The summed E-state index contributed by atoms with van der Waals surface area (Å²) >= 11 is 0. The zero-order valence-corrected chi connectivity index (χ0v) is 15.1. The second-order valence-corrected chi connectivity index (χ2v) is 6.39. The third-order valence-corrected chi connectivity index (χ3v) is 4.57. The van der Waals surface area contributed by atoms with Gasteiger partial charge >= 0.3 is 0 Å². The number of aromatic nitrogens is 3. The zero-order chi connectivity index (χ0) is 18.5. The molecule has 26 heavy (non-hydrogen) atoms. The van der Waals surface area contributed by atoms with Crippen LogP contribution >= 0.6 is 0 Å². The van der Waals surface area contributed by atoms with Crippen molar-refractivity contribution in [1.29, 1.82) is 0 Å². The molecule has 1 saturated heterocycles. The van der Waals surface area contributed by atoms with Crippen LogP contribution in [0.5, 0.6) is 0 Å². The topological polar surface area (TPSA) is 94.2 Å². The smallest absolute Gasteiger partial charge is 0.265 e. The minimum Gasteiger partial charge on any atom is -0.353 e. The molecule has 0 bridgehead atoms. The lowest BCUT2D eigenvalue weighted by molar-refractivity contribution is 0.0937. The van der Waals surface area contributed by atoms with Crippen molar-refractivity contribution in [2.45, 2.75) is 26.3 Å². The average Bonchev–Trinajstić information content (AvgIpc) is 2.68. The summed E-state index contributed by atoms with van der Waals surface area (Å²) in [7, 11) is 0. The summed E-state index contributed by atoms with van der Waals surface area (Å²) in [6, 6.07) is 5.87. The first-order valence-electron chi connectivity index (χ1n) is 8.89. The maximum Gasteiger partial charge on any atom is 0.265 e. The molecule has 0 unspecified atom stereocenters. The molecule has 1 aliphatic rings. The summed E-state index contributed by atoms with van der Waals surface area (Å²) in [5.41, 5.74) is -0.371. The van der Waals surface area contributed by atoms with Gasteiger partial charge in [-0.1, -0.05) is 13.0 Å². The van der Waals surface area contributed by atoms with Crippen molar-refractivity contribution in [1.82, 2.24) is 20.3 Å². The molecule has 1 fully saturated rings. The summed E-state index contributed by atoms with van der Waals surface area (Å²) in [5.74, 6) is 1.06. The van der Waals surface area contributed by atoms with Gasteiger partial charge in [-0.25, -0.2) is 9.97 Å². The largest absolute Gasteiger partial charge is 0.353 e. The number of nitrogens with zero attached hydrogens (tertiary/aromatic N) is 4. The Hall–Kier alpha value is -2.90. The minimum absolute atomic E-state index is 0.0150. The predicted octanol–water partition coefficient (Wildman–Crippen LogP) is 1.02. The van der Waals surface area contributed by atoms with Crippen molar-refractivity contribution < 1.29 is 4.79 Å². The molecular weight excluding hydrogens is 332 g/mol. The van der Waals surface area contributed by atoms with Gasteiger partial charge in [0, 0.05) is 44.6 Å². The van der Waals surface area contributed by atoms with Gasteiger partial charge in [0.15, 0.2) is 0 Å². The molecule has 1 amide bonds. The number of carbonyl (C=O) groups is 1. The number of carbonyl (C=O) groups excluding carboxylic acids is 1. The first-order chi connectivity index (χ1) is 12.6. The zero-order valence-electron chi connectivity index (χ0n) is 15.1. The fourth-order valence-corrected chi connectivity index (χ4v) is 2.80. The molecular formula is C18H24N6O2. The highest BCUT2D eigenvalue weighted by Crippen LogP contribution is 2.15. The first kappa shape index (κ1) is 17.9. The Morgan fingerprint density at radius 2 is 1.96 bits per heavy atom. The first-order valence-corrected chi connectivity index (χ1v) is 8.89. The van der Waals surface area contributed by atoms with Crippen molar-refractivity contribution in [2.75, 3.05) is 36.0 Å². The van der Waals surface area contributed by atoms with Gasteiger partial charge in [0.2, 0.25) is 5.95 Å². The van der Waals surface area contributed by atoms with Gasteiger partial charge in [0.25, 0.3) is 11.5 Å². The van der Waals surface area contributed by atoms with E-state index >= 15 is 0 Å². The van der Waals surface area contributed by atoms with E-state index in [1.54, 1.807) is 6.20 Å². The Morgan fingerprint density at radius 3 is 2.58 bits per heavy atom. The number of nitrogens with one attached hydrogen (secondary N) is 2. The summed E-state index contributed by atoms with van der Waals surface area (Å²) in [5, 5.41) is 2.78. The van der Waals surface area contributed by atoms with Crippen LogP contribution in [0, 0.1) is 0 Å². The minimum atomic E-state index is -0.414. The standard InChI is InChI=1S/C18H24N6O2/c1-3-13(2)21-16(25)14-12-20-18(22-17(14)26)24-10-8-23(9-11-24)15-6-4-5-7-19-15/h4-7,12-13H,3,8-11H2,1-2H3,(H,21,25)(H,20,22,26)/t13-/m1/s1. The highest BCUT2D eigenvalue weighted by molar-refractivity contribution is 5.93. The van der Waals surface area contributed by atoms with Crippen molar-refractivity contribution in [2.24, 2.45) is 0 Å². The number of aromatic amines is 1. The van der Waals surface area contributed by atoms with Crippen LogP contribution in [-0.4, -0.2) is 53.1 Å². The van der Waals surface area contributed by atoms with E-state index in [0.29, 0.717) is 5.95 Å². The van der Waals surface area contributed by atoms with Gasteiger partial charge in [0.1, 0.15) is 11.4 Å². The van der Waals surface area contributed by atoms with E-state index in [-0.39, 0.29) is 17.5 Å². The average molecular weight is 356 g/mol. The molecule has 0 aromatic carbocycles. The highest BCUT2D eigenvalue weighted by atomic mass is 16.2. The Morgan fingerprint density at radius 1 is 1.23 bits per heavy atom. The molecule has 2 aromatic rings.